The molecule has 2 atom stereocenters. The molecule has 1 N–H and O–H groups in total. The average molecular weight is 211 g/mol. The molecule has 0 aliphatic heterocycles. The van der Waals surface area contributed by atoms with Gasteiger partial charge in [-0.25, -0.2) is 8.78 Å². The highest BCUT2D eigenvalue weighted by Gasteiger charge is 2.22. The van der Waals surface area contributed by atoms with Crippen LogP contribution >= 0.6 is 0 Å². The third-order valence-electron chi connectivity index (χ3n) is 3.01. The molecule has 0 aromatic heterocycles. The molecule has 2 unspecified atom stereocenters. The fourth-order valence-corrected chi connectivity index (χ4v) is 2.17. The van der Waals surface area contributed by atoms with Gasteiger partial charge in [0.2, 0.25) is 0 Å². The average Bonchev–Trinajstić information content (AvgIpc) is 2.59. The van der Waals surface area contributed by atoms with Gasteiger partial charge in [0.15, 0.2) is 11.6 Å². The molecule has 1 aliphatic rings. The lowest BCUT2D eigenvalue weighted by molar-refractivity contribution is 0.509. The zero-order valence-electron chi connectivity index (χ0n) is 8.76. The van der Waals surface area contributed by atoms with Crippen molar-refractivity contribution in [1.82, 2.24) is 0 Å². The summed E-state index contributed by atoms with van der Waals surface area (Å²) < 4.78 is 26.2. The molecule has 1 nitrogen and oxygen atoms in total. The molecular formula is C12H15F2N. The van der Waals surface area contributed by atoms with Crippen molar-refractivity contribution in [3.8, 4) is 0 Å². The number of anilines is 1. The van der Waals surface area contributed by atoms with Crippen LogP contribution in [0, 0.1) is 17.6 Å². The summed E-state index contributed by atoms with van der Waals surface area (Å²) in [6, 6.07) is 4.54. The number of hydrogen-bond donors (Lipinski definition) is 1. The Morgan fingerprint density at radius 3 is 2.73 bits per heavy atom. The summed E-state index contributed by atoms with van der Waals surface area (Å²) >= 11 is 0. The van der Waals surface area contributed by atoms with Gasteiger partial charge in [-0.15, -0.1) is 0 Å². The molecule has 82 valence electrons. The van der Waals surface area contributed by atoms with Crippen LogP contribution in [0.3, 0.4) is 0 Å². The molecule has 1 saturated carbocycles. The highest BCUT2D eigenvalue weighted by molar-refractivity contribution is 5.45. The van der Waals surface area contributed by atoms with Crippen LogP contribution in [-0.2, 0) is 0 Å². The second-order valence-corrected chi connectivity index (χ2v) is 4.36. The van der Waals surface area contributed by atoms with E-state index in [0.29, 0.717) is 5.92 Å². The van der Waals surface area contributed by atoms with E-state index in [1.165, 1.54) is 6.07 Å². The van der Waals surface area contributed by atoms with Crippen molar-refractivity contribution in [3.63, 3.8) is 0 Å². The second-order valence-electron chi connectivity index (χ2n) is 4.36. The van der Waals surface area contributed by atoms with Crippen LogP contribution in [0.2, 0.25) is 0 Å². The lowest BCUT2D eigenvalue weighted by atomic mass is 10.1. The standard InChI is InChI=1S/C12H15F2N/c1-8-5-6-9(7-8)15-11-4-2-3-10(13)12(11)14/h2-4,8-9,15H,5-7H2,1H3. The van der Waals surface area contributed by atoms with Gasteiger partial charge in [0, 0.05) is 6.04 Å². The van der Waals surface area contributed by atoms with E-state index >= 15 is 0 Å². The van der Waals surface area contributed by atoms with Gasteiger partial charge in [-0.1, -0.05) is 13.0 Å². The Bertz CT molecular complexity index is 351. The molecule has 1 aromatic carbocycles. The Kier molecular flexibility index (Phi) is 2.89. The lowest BCUT2D eigenvalue weighted by Gasteiger charge is -2.14. The Hall–Kier alpha value is -1.12. The molecule has 0 saturated heterocycles. The SMILES string of the molecule is CC1CCC(Nc2cccc(F)c2F)C1. The van der Waals surface area contributed by atoms with Crippen molar-refractivity contribution in [3.05, 3.63) is 29.8 Å². The van der Waals surface area contributed by atoms with Crippen molar-refractivity contribution < 1.29 is 8.78 Å². The van der Waals surface area contributed by atoms with Gasteiger partial charge in [0.1, 0.15) is 0 Å². The van der Waals surface area contributed by atoms with E-state index in [9.17, 15) is 8.78 Å². The molecule has 0 heterocycles. The van der Waals surface area contributed by atoms with Gasteiger partial charge >= 0.3 is 0 Å². The molecule has 2 rings (SSSR count). The first-order chi connectivity index (χ1) is 7.16. The largest absolute Gasteiger partial charge is 0.380 e. The van der Waals surface area contributed by atoms with Crippen LogP contribution in [0.4, 0.5) is 14.5 Å². The van der Waals surface area contributed by atoms with Gasteiger partial charge < -0.3 is 5.32 Å². The van der Waals surface area contributed by atoms with E-state index in [1.54, 1.807) is 6.07 Å². The van der Waals surface area contributed by atoms with Gasteiger partial charge in [0.25, 0.3) is 0 Å². The number of rotatable bonds is 2. The van der Waals surface area contributed by atoms with Crippen molar-refractivity contribution >= 4 is 5.69 Å². The van der Waals surface area contributed by atoms with E-state index in [0.717, 1.165) is 25.3 Å². The summed E-state index contributed by atoms with van der Waals surface area (Å²) in [6.07, 6.45) is 3.24. The monoisotopic (exact) mass is 211 g/mol. The van der Waals surface area contributed by atoms with Crippen LogP contribution in [0.5, 0.6) is 0 Å². The highest BCUT2D eigenvalue weighted by Crippen LogP contribution is 2.28. The van der Waals surface area contributed by atoms with Crippen LogP contribution in [0.1, 0.15) is 26.2 Å². The van der Waals surface area contributed by atoms with Crippen LogP contribution in [0.15, 0.2) is 18.2 Å². The normalized spacial score (nSPS) is 25.5. The maximum Gasteiger partial charge on any atom is 0.181 e. The topological polar surface area (TPSA) is 12.0 Å². The molecule has 0 bridgehead atoms. The fourth-order valence-electron chi connectivity index (χ4n) is 2.17. The highest BCUT2D eigenvalue weighted by atomic mass is 19.2. The Balaban J connectivity index is 2.07. The summed E-state index contributed by atoms with van der Waals surface area (Å²) in [4.78, 5) is 0. The predicted octanol–water partition coefficient (Wildman–Crippen LogP) is 3.57. The van der Waals surface area contributed by atoms with Crippen LogP contribution in [-0.4, -0.2) is 6.04 Å². The Morgan fingerprint density at radius 1 is 1.27 bits per heavy atom. The molecule has 0 amide bonds. The molecule has 1 fully saturated rings. The molecule has 15 heavy (non-hydrogen) atoms. The first-order valence-electron chi connectivity index (χ1n) is 5.37. The zero-order chi connectivity index (χ0) is 10.8. The number of benzene rings is 1. The smallest absolute Gasteiger partial charge is 0.181 e. The van der Waals surface area contributed by atoms with Gasteiger partial charge in [-0.2, -0.15) is 0 Å². The van der Waals surface area contributed by atoms with E-state index in [2.05, 4.69) is 12.2 Å². The first-order valence-corrected chi connectivity index (χ1v) is 5.37. The van der Waals surface area contributed by atoms with Crippen LogP contribution in [0.25, 0.3) is 0 Å². The molecule has 0 radical (unpaired) electrons. The van der Waals surface area contributed by atoms with E-state index in [4.69, 9.17) is 0 Å². The third kappa shape index (κ3) is 2.28. The molecular weight excluding hydrogens is 196 g/mol. The lowest BCUT2D eigenvalue weighted by Crippen LogP contribution is -2.16. The van der Waals surface area contributed by atoms with E-state index in [1.807, 2.05) is 0 Å². The predicted molar refractivity (Wildman–Crippen MR) is 56.8 cm³/mol. The summed E-state index contributed by atoms with van der Waals surface area (Å²) in [6.45, 7) is 2.18. The minimum atomic E-state index is -0.786. The zero-order valence-corrected chi connectivity index (χ0v) is 8.76. The van der Waals surface area contributed by atoms with E-state index < -0.39 is 11.6 Å². The number of hydrogen-bond acceptors (Lipinski definition) is 1. The minimum Gasteiger partial charge on any atom is -0.380 e. The Morgan fingerprint density at radius 2 is 2.07 bits per heavy atom. The molecule has 3 heteroatoms. The second kappa shape index (κ2) is 4.17. The third-order valence-corrected chi connectivity index (χ3v) is 3.01. The van der Waals surface area contributed by atoms with Gasteiger partial charge in [-0.05, 0) is 37.3 Å². The summed E-state index contributed by atoms with van der Waals surface area (Å²) in [5, 5.41) is 3.07. The summed E-state index contributed by atoms with van der Waals surface area (Å²) in [5.41, 5.74) is 0.286. The summed E-state index contributed by atoms with van der Waals surface area (Å²) in [7, 11) is 0. The number of halogens is 2. The van der Waals surface area contributed by atoms with Crippen LogP contribution < -0.4 is 5.32 Å². The van der Waals surface area contributed by atoms with Crippen molar-refractivity contribution in [2.75, 3.05) is 5.32 Å². The van der Waals surface area contributed by atoms with Crippen molar-refractivity contribution in [2.24, 2.45) is 5.92 Å². The van der Waals surface area contributed by atoms with Crippen molar-refractivity contribution in [2.45, 2.75) is 32.2 Å². The van der Waals surface area contributed by atoms with Gasteiger partial charge in [-0.3, -0.25) is 0 Å². The van der Waals surface area contributed by atoms with Crippen molar-refractivity contribution in [1.29, 1.82) is 0 Å². The summed E-state index contributed by atoms with van der Waals surface area (Å²) in [5.74, 6) is -0.873. The van der Waals surface area contributed by atoms with E-state index in [-0.39, 0.29) is 11.7 Å². The molecule has 1 aliphatic carbocycles. The first kappa shape index (κ1) is 10.4. The Labute approximate surface area is 88.5 Å². The quantitative estimate of drug-likeness (QED) is 0.788. The number of nitrogens with one attached hydrogen (secondary N) is 1. The van der Waals surface area contributed by atoms with Gasteiger partial charge in [0.05, 0.1) is 5.69 Å². The fraction of sp³-hybridized carbons (Fsp3) is 0.500. The maximum atomic E-state index is 13.3. The maximum absolute atomic E-state index is 13.3. The minimum absolute atomic E-state index is 0.286. The molecule has 0 spiro atoms. The molecule has 1 aromatic rings.